The minimum atomic E-state index is 0.303. The van der Waals surface area contributed by atoms with Crippen LogP contribution >= 0.6 is 0 Å². The summed E-state index contributed by atoms with van der Waals surface area (Å²) in [6.07, 6.45) is 0.303. The molecule has 0 radical (unpaired) electrons. The summed E-state index contributed by atoms with van der Waals surface area (Å²) in [4.78, 5) is 2.17. The highest BCUT2D eigenvalue weighted by Crippen LogP contribution is 1.82. The van der Waals surface area contributed by atoms with E-state index in [2.05, 4.69) is 36.6 Å². The number of hydrogen-bond donors (Lipinski definition) is 2. The van der Waals surface area contributed by atoms with Gasteiger partial charge >= 0.3 is 0 Å². The summed E-state index contributed by atoms with van der Waals surface area (Å²) in [5.74, 6) is 0. The zero-order chi connectivity index (χ0) is 10.8. The van der Waals surface area contributed by atoms with Gasteiger partial charge in [-0.1, -0.05) is 0 Å². The molecule has 1 atom stereocenters. The van der Waals surface area contributed by atoms with Crippen LogP contribution in [0, 0.1) is 0 Å². The van der Waals surface area contributed by atoms with E-state index >= 15 is 0 Å². The molecule has 0 bridgehead atoms. The topological polar surface area (TPSA) is 36.5 Å². The first kappa shape index (κ1) is 13.8. The second kappa shape index (κ2) is 9.40. The second-order valence-electron chi connectivity index (χ2n) is 3.80. The highest BCUT2D eigenvalue weighted by atomic mass is 16.5. The molecule has 0 amide bonds. The number of methoxy groups -OCH3 is 1. The molecule has 0 fully saturated rings. The van der Waals surface area contributed by atoms with Gasteiger partial charge in [-0.2, -0.15) is 0 Å². The Morgan fingerprint density at radius 3 is 2.36 bits per heavy atom. The molecule has 0 heterocycles. The summed E-state index contributed by atoms with van der Waals surface area (Å²) in [7, 11) is 5.90. The number of rotatable bonds is 9. The van der Waals surface area contributed by atoms with Gasteiger partial charge in [0.15, 0.2) is 0 Å². The Kier molecular flexibility index (Phi) is 9.29. The summed E-state index contributed by atoms with van der Waals surface area (Å²) in [6, 6.07) is 0. The van der Waals surface area contributed by atoms with Gasteiger partial charge in [-0.15, -0.1) is 0 Å². The maximum absolute atomic E-state index is 5.12. The fourth-order valence-corrected chi connectivity index (χ4v) is 0.993. The van der Waals surface area contributed by atoms with Crippen molar-refractivity contribution < 1.29 is 4.74 Å². The van der Waals surface area contributed by atoms with E-state index in [0.29, 0.717) is 6.10 Å². The maximum Gasteiger partial charge on any atom is 0.0667 e. The quantitative estimate of drug-likeness (QED) is 0.507. The van der Waals surface area contributed by atoms with Crippen molar-refractivity contribution in [3.05, 3.63) is 0 Å². The molecular weight excluding hydrogens is 178 g/mol. The number of hydrogen-bond acceptors (Lipinski definition) is 4. The fraction of sp³-hybridized carbons (Fsp3) is 1.00. The lowest BCUT2D eigenvalue weighted by molar-refractivity contribution is 0.117. The molecule has 4 nitrogen and oxygen atoms in total. The maximum atomic E-state index is 5.12. The molecule has 0 saturated carbocycles. The van der Waals surface area contributed by atoms with Crippen LogP contribution in [-0.2, 0) is 4.74 Å². The van der Waals surface area contributed by atoms with Gasteiger partial charge in [0.2, 0.25) is 0 Å². The molecule has 14 heavy (non-hydrogen) atoms. The van der Waals surface area contributed by atoms with Crippen LogP contribution in [0.5, 0.6) is 0 Å². The van der Waals surface area contributed by atoms with Crippen LogP contribution in [0.15, 0.2) is 0 Å². The largest absolute Gasteiger partial charge is 0.380 e. The normalized spacial score (nSPS) is 13.5. The van der Waals surface area contributed by atoms with Crippen molar-refractivity contribution in [3.63, 3.8) is 0 Å². The van der Waals surface area contributed by atoms with Crippen molar-refractivity contribution in [2.24, 2.45) is 0 Å². The van der Waals surface area contributed by atoms with Crippen LogP contribution in [0.1, 0.15) is 6.92 Å². The van der Waals surface area contributed by atoms with E-state index in [1.54, 1.807) is 7.11 Å². The fourth-order valence-electron chi connectivity index (χ4n) is 0.993. The zero-order valence-electron chi connectivity index (χ0n) is 9.97. The lowest BCUT2D eigenvalue weighted by atomic mass is 10.4. The Hall–Kier alpha value is -0.160. The first-order valence-electron chi connectivity index (χ1n) is 5.25. The van der Waals surface area contributed by atoms with Gasteiger partial charge in [-0.3, -0.25) is 0 Å². The highest BCUT2D eigenvalue weighted by molar-refractivity contribution is 4.57. The predicted molar refractivity (Wildman–Crippen MR) is 60.8 cm³/mol. The first-order chi connectivity index (χ1) is 6.66. The second-order valence-corrected chi connectivity index (χ2v) is 3.80. The molecule has 0 spiro atoms. The molecule has 0 saturated heterocycles. The van der Waals surface area contributed by atoms with Gasteiger partial charge in [0.25, 0.3) is 0 Å². The molecule has 0 aliphatic carbocycles. The van der Waals surface area contributed by atoms with E-state index in [1.165, 1.54) is 0 Å². The monoisotopic (exact) mass is 203 g/mol. The molecule has 86 valence electrons. The van der Waals surface area contributed by atoms with Crippen LogP contribution in [0.3, 0.4) is 0 Å². The van der Waals surface area contributed by atoms with Crippen LogP contribution in [0.4, 0.5) is 0 Å². The van der Waals surface area contributed by atoms with Crippen LogP contribution in [-0.4, -0.2) is 64.9 Å². The average Bonchev–Trinajstić information content (AvgIpc) is 2.15. The Bertz CT molecular complexity index is 120. The standard InChI is InChI=1S/C10H25N3O/c1-10(14-4)9-12-6-5-11-7-8-13(2)3/h10-12H,5-9H2,1-4H3. The predicted octanol–water partition coefficient (Wildman–Crippen LogP) is -0.238. The van der Waals surface area contributed by atoms with Crippen molar-refractivity contribution in [1.82, 2.24) is 15.5 Å². The molecule has 0 aromatic carbocycles. The summed E-state index contributed by atoms with van der Waals surface area (Å²) in [5.41, 5.74) is 0. The van der Waals surface area contributed by atoms with E-state index in [-0.39, 0.29) is 0 Å². The Morgan fingerprint density at radius 1 is 1.14 bits per heavy atom. The van der Waals surface area contributed by atoms with E-state index < -0.39 is 0 Å². The Labute approximate surface area is 88.0 Å². The first-order valence-corrected chi connectivity index (χ1v) is 5.25. The van der Waals surface area contributed by atoms with Gasteiger partial charge in [0, 0.05) is 39.8 Å². The highest BCUT2D eigenvalue weighted by Gasteiger charge is 1.96. The van der Waals surface area contributed by atoms with Crippen LogP contribution in [0.25, 0.3) is 0 Å². The average molecular weight is 203 g/mol. The lowest BCUT2D eigenvalue weighted by Crippen LogP contribution is -2.34. The smallest absolute Gasteiger partial charge is 0.0667 e. The molecular formula is C10H25N3O. The van der Waals surface area contributed by atoms with Crippen molar-refractivity contribution in [1.29, 1.82) is 0 Å². The third kappa shape index (κ3) is 9.92. The summed E-state index contributed by atoms with van der Waals surface area (Å²) in [5, 5.41) is 6.69. The van der Waals surface area contributed by atoms with E-state index in [4.69, 9.17) is 4.74 Å². The number of nitrogens with zero attached hydrogens (tertiary/aromatic N) is 1. The summed E-state index contributed by atoms with van der Waals surface area (Å²) in [6.45, 7) is 7.15. The van der Waals surface area contributed by atoms with Gasteiger partial charge in [0.05, 0.1) is 6.10 Å². The summed E-state index contributed by atoms with van der Waals surface area (Å²) < 4.78 is 5.12. The van der Waals surface area contributed by atoms with E-state index in [1.807, 2.05) is 0 Å². The van der Waals surface area contributed by atoms with Crippen molar-refractivity contribution in [2.45, 2.75) is 13.0 Å². The van der Waals surface area contributed by atoms with Crippen molar-refractivity contribution in [3.8, 4) is 0 Å². The Balaban J connectivity index is 2.99. The van der Waals surface area contributed by atoms with Gasteiger partial charge in [-0.25, -0.2) is 0 Å². The molecule has 2 N–H and O–H groups in total. The summed E-state index contributed by atoms with van der Waals surface area (Å²) >= 11 is 0. The van der Waals surface area contributed by atoms with E-state index in [0.717, 1.165) is 32.7 Å². The van der Waals surface area contributed by atoms with Crippen molar-refractivity contribution in [2.75, 3.05) is 53.9 Å². The minimum Gasteiger partial charge on any atom is -0.380 e. The molecule has 1 unspecified atom stereocenters. The number of likely N-dealkylation sites (N-methyl/N-ethyl adjacent to an activating group) is 1. The number of nitrogens with one attached hydrogen (secondary N) is 2. The van der Waals surface area contributed by atoms with Crippen LogP contribution < -0.4 is 10.6 Å². The molecule has 0 aromatic rings. The molecule has 4 heteroatoms. The molecule has 0 aromatic heterocycles. The Morgan fingerprint density at radius 2 is 1.79 bits per heavy atom. The molecule has 0 aliphatic heterocycles. The SMILES string of the molecule is COC(C)CNCCNCCN(C)C. The third-order valence-corrected chi connectivity index (χ3v) is 2.05. The van der Waals surface area contributed by atoms with Gasteiger partial charge in [0.1, 0.15) is 0 Å². The van der Waals surface area contributed by atoms with Crippen molar-refractivity contribution >= 4 is 0 Å². The minimum absolute atomic E-state index is 0.303. The molecule has 0 aliphatic rings. The van der Waals surface area contributed by atoms with E-state index in [9.17, 15) is 0 Å². The van der Waals surface area contributed by atoms with Gasteiger partial charge < -0.3 is 20.3 Å². The number of ether oxygens (including phenoxy) is 1. The molecule has 0 rings (SSSR count). The van der Waals surface area contributed by atoms with Crippen LogP contribution in [0.2, 0.25) is 0 Å². The zero-order valence-corrected chi connectivity index (χ0v) is 9.97. The lowest BCUT2D eigenvalue weighted by Gasteiger charge is -2.12. The third-order valence-electron chi connectivity index (χ3n) is 2.05. The van der Waals surface area contributed by atoms with Gasteiger partial charge in [-0.05, 0) is 21.0 Å².